The Morgan fingerprint density at radius 2 is 1.85 bits per heavy atom. The lowest BCUT2D eigenvalue weighted by Crippen LogP contribution is -2.33. The summed E-state index contributed by atoms with van der Waals surface area (Å²) in [5, 5.41) is 4.05. The van der Waals surface area contributed by atoms with E-state index in [0.717, 1.165) is 34.8 Å². The number of benzene rings is 2. The Hall–Kier alpha value is -3.96. The van der Waals surface area contributed by atoms with Crippen LogP contribution in [-0.2, 0) is 4.79 Å². The van der Waals surface area contributed by atoms with Gasteiger partial charge >= 0.3 is 6.18 Å². The molecule has 2 fully saturated rings. The molecule has 0 saturated carbocycles. The topological polar surface area (TPSA) is 67.4 Å². The molecule has 7 nitrogen and oxygen atoms in total. The summed E-state index contributed by atoms with van der Waals surface area (Å²) in [6, 6.07) is 9.00. The molecule has 0 bridgehead atoms. The SMILES string of the molecule is Cc1noc(C)c1-c1ccc2c(c1)nc([C@@H]1CCCN1c1ccc(F)c(F)c1)n2[C@@H]1CCN(C(=O)CC(F)(F)F)C1. The van der Waals surface area contributed by atoms with Gasteiger partial charge in [-0.05, 0) is 62.9 Å². The Morgan fingerprint density at radius 3 is 2.56 bits per heavy atom. The zero-order valence-electron chi connectivity index (χ0n) is 22.5. The number of fused-ring (bicyclic) bond motifs is 1. The number of imidazole rings is 1. The van der Waals surface area contributed by atoms with E-state index in [1.807, 2.05) is 41.5 Å². The van der Waals surface area contributed by atoms with E-state index >= 15 is 0 Å². The number of amides is 1. The number of aryl methyl sites for hydroxylation is 2. The predicted octanol–water partition coefficient (Wildman–Crippen LogP) is 6.65. The Labute approximate surface area is 232 Å². The van der Waals surface area contributed by atoms with Gasteiger partial charge in [-0.25, -0.2) is 13.8 Å². The van der Waals surface area contributed by atoms with Crippen LogP contribution >= 0.6 is 0 Å². The lowest BCUT2D eigenvalue weighted by Gasteiger charge is -2.29. The number of hydrogen-bond donors (Lipinski definition) is 0. The van der Waals surface area contributed by atoms with Crippen molar-refractivity contribution in [3.8, 4) is 11.1 Å². The molecule has 0 N–H and O–H groups in total. The van der Waals surface area contributed by atoms with E-state index in [0.29, 0.717) is 42.2 Å². The number of alkyl halides is 3. The van der Waals surface area contributed by atoms with Gasteiger partial charge in [0.05, 0.1) is 28.8 Å². The largest absolute Gasteiger partial charge is 0.397 e. The van der Waals surface area contributed by atoms with Crippen molar-refractivity contribution in [2.45, 2.75) is 57.8 Å². The summed E-state index contributed by atoms with van der Waals surface area (Å²) in [5.74, 6) is -1.49. The first-order valence-electron chi connectivity index (χ1n) is 13.5. The predicted molar refractivity (Wildman–Crippen MR) is 141 cm³/mol. The molecule has 2 aromatic carbocycles. The van der Waals surface area contributed by atoms with Crippen molar-refractivity contribution in [3.63, 3.8) is 0 Å². The second kappa shape index (κ2) is 10.1. The van der Waals surface area contributed by atoms with Gasteiger partial charge in [0.2, 0.25) is 5.91 Å². The average Bonchev–Trinajstić information content (AvgIpc) is 3.69. The van der Waals surface area contributed by atoms with E-state index in [1.165, 1.54) is 17.0 Å². The van der Waals surface area contributed by atoms with Gasteiger partial charge in [0.1, 0.15) is 18.0 Å². The van der Waals surface area contributed by atoms with E-state index in [-0.39, 0.29) is 25.2 Å². The molecule has 41 heavy (non-hydrogen) atoms. The Morgan fingerprint density at radius 1 is 1.05 bits per heavy atom. The second-order valence-electron chi connectivity index (χ2n) is 10.8. The van der Waals surface area contributed by atoms with Crippen LogP contribution in [0.25, 0.3) is 22.2 Å². The highest BCUT2D eigenvalue weighted by atomic mass is 19.4. The number of hydrogen-bond acceptors (Lipinski definition) is 5. The molecule has 2 aliphatic heterocycles. The minimum absolute atomic E-state index is 0.122. The summed E-state index contributed by atoms with van der Waals surface area (Å²) in [6.07, 6.45) is -4.12. The summed E-state index contributed by atoms with van der Waals surface area (Å²) >= 11 is 0. The lowest BCUT2D eigenvalue weighted by atomic mass is 10.0. The maximum absolute atomic E-state index is 14.2. The van der Waals surface area contributed by atoms with Crippen LogP contribution in [0.1, 0.15) is 55.0 Å². The minimum atomic E-state index is -4.58. The molecule has 0 spiro atoms. The van der Waals surface area contributed by atoms with Gasteiger partial charge in [0.15, 0.2) is 11.6 Å². The van der Waals surface area contributed by atoms with Crippen molar-refractivity contribution in [2.24, 2.45) is 0 Å². The van der Waals surface area contributed by atoms with Crippen LogP contribution in [0.2, 0.25) is 0 Å². The summed E-state index contributed by atoms with van der Waals surface area (Å²) in [7, 11) is 0. The van der Waals surface area contributed by atoms with Crippen molar-refractivity contribution in [2.75, 3.05) is 24.5 Å². The molecule has 2 atom stereocenters. The summed E-state index contributed by atoms with van der Waals surface area (Å²) in [4.78, 5) is 20.7. The summed E-state index contributed by atoms with van der Waals surface area (Å²) in [5.41, 5.74) is 4.43. The fourth-order valence-corrected chi connectivity index (χ4v) is 6.26. The molecular weight excluding hydrogens is 545 g/mol. The number of halogens is 5. The van der Waals surface area contributed by atoms with Gasteiger partial charge in [-0.1, -0.05) is 11.2 Å². The molecule has 2 aromatic heterocycles. The van der Waals surface area contributed by atoms with Crippen LogP contribution in [0.15, 0.2) is 40.9 Å². The lowest BCUT2D eigenvalue weighted by molar-refractivity contribution is -0.160. The van der Waals surface area contributed by atoms with Crippen molar-refractivity contribution in [1.82, 2.24) is 19.6 Å². The third kappa shape index (κ3) is 5.04. The molecule has 2 aliphatic rings. The van der Waals surface area contributed by atoms with Crippen LogP contribution in [0.3, 0.4) is 0 Å². The smallest absolute Gasteiger partial charge is 0.361 e. The maximum atomic E-state index is 14.2. The molecule has 12 heteroatoms. The average molecular weight is 574 g/mol. The highest BCUT2D eigenvalue weighted by Crippen LogP contribution is 2.41. The number of carbonyl (C=O) groups is 1. The van der Waals surface area contributed by atoms with E-state index in [2.05, 4.69) is 5.16 Å². The normalized spacial score (nSPS) is 19.6. The van der Waals surface area contributed by atoms with Gasteiger partial charge in [-0.2, -0.15) is 13.2 Å². The second-order valence-corrected chi connectivity index (χ2v) is 10.8. The zero-order valence-corrected chi connectivity index (χ0v) is 22.5. The van der Waals surface area contributed by atoms with Crippen LogP contribution in [0, 0.1) is 25.5 Å². The molecule has 0 unspecified atom stereocenters. The molecule has 0 radical (unpaired) electrons. The number of likely N-dealkylation sites (tertiary alicyclic amines) is 1. The van der Waals surface area contributed by atoms with Crippen molar-refractivity contribution >= 4 is 22.6 Å². The highest BCUT2D eigenvalue weighted by molar-refractivity contribution is 5.84. The Kier molecular flexibility index (Phi) is 6.74. The van der Waals surface area contributed by atoms with Crippen LogP contribution in [0.4, 0.5) is 27.6 Å². The van der Waals surface area contributed by atoms with Gasteiger partial charge in [-0.3, -0.25) is 4.79 Å². The van der Waals surface area contributed by atoms with E-state index < -0.39 is 30.1 Å². The fraction of sp³-hybridized carbons (Fsp3) is 0.414. The number of rotatable bonds is 5. The first-order chi connectivity index (χ1) is 19.5. The van der Waals surface area contributed by atoms with Gasteiger partial charge < -0.3 is 18.9 Å². The molecule has 1 amide bonds. The molecule has 2 saturated heterocycles. The molecule has 4 heterocycles. The molecule has 6 rings (SSSR count). The Bertz CT molecular complexity index is 1610. The van der Waals surface area contributed by atoms with Crippen molar-refractivity contribution < 1.29 is 31.3 Å². The summed E-state index contributed by atoms with van der Waals surface area (Å²) < 4.78 is 74.1. The van der Waals surface area contributed by atoms with Crippen LogP contribution < -0.4 is 4.90 Å². The monoisotopic (exact) mass is 573 g/mol. The number of anilines is 1. The fourth-order valence-electron chi connectivity index (χ4n) is 6.26. The quantitative estimate of drug-likeness (QED) is 0.250. The minimum Gasteiger partial charge on any atom is -0.361 e. The number of nitrogens with zero attached hydrogens (tertiary/aromatic N) is 5. The van der Waals surface area contributed by atoms with E-state index in [1.54, 1.807) is 0 Å². The molecular formula is C29H28F5N5O2. The maximum Gasteiger partial charge on any atom is 0.397 e. The van der Waals surface area contributed by atoms with Gasteiger partial charge in [-0.15, -0.1) is 0 Å². The number of carbonyl (C=O) groups excluding carboxylic acids is 1. The molecule has 0 aliphatic carbocycles. The molecule has 216 valence electrons. The van der Waals surface area contributed by atoms with Crippen LogP contribution in [0.5, 0.6) is 0 Å². The summed E-state index contributed by atoms with van der Waals surface area (Å²) in [6.45, 7) is 4.60. The Balaban J connectivity index is 1.43. The first kappa shape index (κ1) is 27.2. The highest BCUT2D eigenvalue weighted by Gasteiger charge is 2.39. The zero-order chi connectivity index (χ0) is 29.1. The third-order valence-corrected chi connectivity index (χ3v) is 8.06. The van der Waals surface area contributed by atoms with Gasteiger partial charge in [0.25, 0.3) is 0 Å². The van der Waals surface area contributed by atoms with E-state index in [9.17, 15) is 26.7 Å². The van der Waals surface area contributed by atoms with Crippen LogP contribution in [-0.4, -0.2) is 51.3 Å². The third-order valence-electron chi connectivity index (χ3n) is 8.06. The standard InChI is InChI=1S/C29H28F5N5O2/c1-16-27(17(2)41-36-16)18-5-8-24-23(12-18)35-28(25-4-3-10-38(25)19-6-7-21(30)22(31)13-19)39(24)20-9-11-37(15-20)26(40)14-29(32,33)34/h5-8,12-13,20,25H,3-4,9-11,14-15H2,1-2H3/t20-,25+/m1/s1. The van der Waals surface area contributed by atoms with Crippen molar-refractivity contribution in [3.05, 3.63) is 65.3 Å². The molecule has 4 aromatic rings. The number of aromatic nitrogens is 3. The first-order valence-corrected chi connectivity index (χ1v) is 13.5. The van der Waals surface area contributed by atoms with E-state index in [4.69, 9.17) is 9.51 Å². The van der Waals surface area contributed by atoms with Crippen molar-refractivity contribution in [1.29, 1.82) is 0 Å². The van der Waals surface area contributed by atoms with Gasteiger partial charge in [0, 0.05) is 37.0 Å².